The van der Waals surface area contributed by atoms with Crippen molar-refractivity contribution in [3.05, 3.63) is 46.8 Å². The summed E-state index contributed by atoms with van der Waals surface area (Å²) in [4.78, 5) is 23.5. The third-order valence-electron chi connectivity index (χ3n) is 4.58. The van der Waals surface area contributed by atoms with Crippen molar-refractivity contribution in [1.82, 2.24) is 15.5 Å². The van der Waals surface area contributed by atoms with Crippen molar-refractivity contribution >= 4 is 24.8 Å². The van der Waals surface area contributed by atoms with E-state index in [1.807, 2.05) is 0 Å². The maximum Gasteiger partial charge on any atom is 0.489 e. The molecule has 0 fully saturated rings. The second kappa shape index (κ2) is 7.16. The average molecular weight is 381 g/mol. The van der Waals surface area contributed by atoms with Gasteiger partial charge < -0.3 is 15.4 Å². The SMILES string of the molecule is O=Cc1cc(C(=O)NC2Cc3[nH]ncc3C(C(F)(F)F)C2)ccc1B(O)O. The van der Waals surface area contributed by atoms with Crippen molar-refractivity contribution in [2.45, 2.75) is 31.0 Å². The minimum atomic E-state index is -4.47. The fourth-order valence-electron chi connectivity index (χ4n) is 3.27. The molecule has 2 unspecified atom stereocenters. The Kier molecular flexibility index (Phi) is 5.07. The van der Waals surface area contributed by atoms with Gasteiger partial charge in [0.15, 0.2) is 0 Å². The number of fused-ring (bicyclic) bond motifs is 1. The van der Waals surface area contributed by atoms with Gasteiger partial charge in [0.05, 0.1) is 12.1 Å². The van der Waals surface area contributed by atoms with Crippen LogP contribution in [0.15, 0.2) is 24.4 Å². The van der Waals surface area contributed by atoms with Gasteiger partial charge in [-0.05, 0) is 24.0 Å². The quantitative estimate of drug-likeness (QED) is 0.449. The number of halogens is 3. The van der Waals surface area contributed by atoms with Crippen LogP contribution in [0.4, 0.5) is 13.2 Å². The molecule has 7 nitrogen and oxygen atoms in total. The van der Waals surface area contributed by atoms with Crippen LogP contribution in [0.1, 0.15) is 44.3 Å². The highest BCUT2D eigenvalue weighted by molar-refractivity contribution is 6.60. The second-order valence-corrected chi connectivity index (χ2v) is 6.34. The van der Waals surface area contributed by atoms with Crippen LogP contribution in [0.2, 0.25) is 0 Å². The molecule has 1 heterocycles. The zero-order valence-corrected chi connectivity index (χ0v) is 13.8. The Bertz CT molecular complexity index is 869. The molecule has 3 rings (SSSR count). The van der Waals surface area contributed by atoms with Gasteiger partial charge in [-0.3, -0.25) is 14.7 Å². The number of rotatable bonds is 4. The van der Waals surface area contributed by atoms with E-state index in [0.29, 0.717) is 12.0 Å². The summed E-state index contributed by atoms with van der Waals surface area (Å²) in [6, 6.07) is 2.85. The number of nitrogens with zero attached hydrogens (tertiary/aromatic N) is 1. The number of carbonyl (C=O) groups is 2. The van der Waals surface area contributed by atoms with E-state index in [1.54, 1.807) is 0 Å². The molecule has 0 saturated carbocycles. The highest BCUT2D eigenvalue weighted by atomic mass is 19.4. The first kappa shape index (κ1) is 19.1. The molecule has 0 saturated heterocycles. The lowest BCUT2D eigenvalue weighted by atomic mass is 9.76. The third kappa shape index (κ3) is 3.88. The van der Waals surface area contributed by atoms with Crippen LogP contribution >= 0.6 is 0 Å². The molecule has 11 heteroatoms. The van der Waals surface area contributed by atoms with Gasteiger partial charge in [-0.2, -0.15) is 18.3 Å². The fourth-order valence-corrected chi connectivity index (χ4v) is 3.27. The Hall–Kier alpha value is -2.66. The van der Waals surface area contributed by atoms with Crippen LogP contribution in [-0.4, -0.2) is 51.8 Å². The van der Waals surface area contributed by atoms with Gasteiger partial charge in [0.2, 0.25) is 0 Å². The largest absolute Gasteiger partial charge is 0.489 e. The smallest absolute Gasteiger partial charge is 0.423 e. The Morgan fingerprint density at radius 2 is 2.11 bits per heavy atom. The maximum absolute atomic E-state index is 13.3. The lowest BCUT2D eigenvalue weighted by Gasteiger charge is -2.30. The Labute approximate surface area is 151 Å². The summed E-state index contributed by atoms with van der Waals surface area (Å²) in [5.41, 5.74) is 0.267. The number of hydrogen-bond donors (Lipinski definition) is 4. The summed E-state index contributed by atoms with van der Waals surface area (Å²) < 4.78 is 39.9. The Balaban J connectivity index is 1.80. The molecule has 0 bridgehead atoms. The molecule has 1 aromatic carbocycles. The van der Waals surface area contributed by atoms with Crippen molar-refractivity contribution in [3.8, 4) is 0 Å². The van der Waals surface area contributed by atoms with E-state index in [2.05, 4.69) is 15.5 Å². The average Bonchev–Trinajstić information content (AvgIpc) is 3.07. The van der Waals surface area contributed by atoms with Crippen LogP contribution in [0.25, 0.3) is 0 Å². The Morgan fingerprint density at radius 3 is 2.74 bits per heavy atom. The molecule has 1 aliphatic carbocycles. The van der Waals surface area contributed by atoms with Gasteiger partial charge in [-0.15, -0.1) is 0 Å². The molecule has 1 aromatic heterocycles. The van der Waals surface area contributed by atoms with E-state index in [9.17, 15) is 32.8 Å². The second-order valence-electron chi connectivity index (χ2n) is 6.34. The van der Waals surface area contributed by atoms with Gasteiger partial charge >= 0.3 is 13.3 Å². The molecule has 0 aliphatic heterocycles. The van der Waals surface area contributed by atoms with Crippen molar-refractivity contribution in [3.63, 3.8) is 0 Å². The molecule has 2 atom stereocenters. The molecular formula is C16H15BF3N3O4. The number of H-pyrrole nitrogens is 1. The number of amides is 1. The number of aromatic amines is 1. The molecule has 4 N–H and O–H groups in total. The molecule has 1 amide bonds. The number of aromatic nitrogens is 2. The Morgan fingerprint density at radius 1 is 1.37 bits per heavy atom. The number of carbonyl (C=O) groups excluding carboxylic acids is 2. The van der Waals surface area contributed by atoms with Crippen LogP contribution < -0.4 is 10.8 Å². The zero-order valence-electron chi connectivity index (χ0n) is 13.8. The minimum absolute atomic E-state index is 0.0282. The fraction of sp³-hybridized carbons (Fsp3) is 0.312. The molecule has 0 radical (unpaired) electrons. The van der Waals surface area contributed by atoms with Crippen molar-refractivity contribution < 1.29 is 32.8 Å². The number of alkyl halides is 3. The minimum Gasteiger partial charge on any atom is -0.423 e. The van der Waals surface area contributed by atoms with Crippen molar-refractivity contribution in [1.29, 1.82) is 0 Å². The highest BCUT2D eigenvalue weighted by Crippen LogP contribution is 2.42. The number of aldehydes is 1. The lowest BCUT2D eigenvalue weighted by Crippen LogP contribution is -2.42. The van der Waals surface area contributed by atoms with Crippen LogP contribution in [0.3, 0.4) is 0 Å². The van der Waals surface area contributed by atoms with E-state index in [0.717, 1.165) is 12.3 Å². The first-order valence-corrected chi connectivity index (χ1v) is 8.05. The first-order chi connectivity index (χ1) is 12.7. The summed E-state index contributed by atoms with van der Waals surface area (Å²) in [6.45, 7) is 0. The summed E-state index contributed by atoms with van der Waals surface area (Å²) in [5, 5.41) is 27.1. The van der Waals surface area contributed by atoms with E-state index in [-0.39, 0.29) is 35.0 Å². The lowest BCUT2D eigenvalue weighted by molar-refractivity contribution is -0.154. The predicted octanol–water partition coefficient (Wildman–Crippen LogP) is 0.293. The van der Waals surface area contributed by atoms with E-state index >= 15 is 0 Å². The van der Waals surface area contributed by atoms with E-state index in [4.69, 9.17) is 0 Å². The zero-order chi connectivity index (χ0) is 19.8. The summed E-state index contributed by atoms with van der Waals surface area (Å²) >= 11 is 0. The number of benzene rings is 1. The topological polar surface area (TPSA) is 115 Å². The normalized spacial score (nSPS) is 19.3. The predicted molar refractivity (Wildman–Crippen MR) is 88.6 cm³/mol. The van der Waals surface area contributed by atoms with Crippen LogP contribution in [0, 0.1) is 0 Å². The molecular weight excluding hydrogens is 366 g/mol. The number of hydrogen-bond acceptors (Lipinski definition) is 5. The number of nitrogens with one attached hydrogen (secondary N) is 2. The monoisotopic (exact) mass is 381 g/mol. The molecule has 1 aliphatic rings. The van der Waals surface area contributed by atoms with Crippen molar-refractivity contribution in [2.75, 3.05) is 0 Å². The molecule has 142 valence electrons. The van der Waals surface area contributed by atoms with Crippen LogP contribution in [-0.2, 0) is 6.42 Å². The molecule has 2 aromatic rings. The standard InChI is InChI=1S/C16H15BF3N3O4/c18-16(19,20)12-4-10(5-14-11(12)6-21-23-14)22-15(25)8-1-2-13(17(26)27)9(3-8)7-24/h1-3,6-7,10,12,26-27H,4-5H2,(H,21,23)(H,22,25). The first-order valence-electron chi connectivity index (χ1n) is 8.05. The van der Waals surface area contributed by atoms with E-state index in [1.165, 1.54) is 12.1 Å². The van der Waals surface area contributed by atoms with Gasteiger partial charge in [0.1, 0.15) is 6.29 Å². The van der Waals surface area contributed by atoms with Crippen LogP contribution in [0.5, 0.6) is 0 Å². The summed E-state index contributed by atoms with van der Waals surface area (Å²) in [7, 11) is -1.88. The molecule has 0 spiro atoms. The summed E-state index contributed by atoms with van der Waals surface area (Å²) in [6.07, 6.45) is -3.10. The van der Waals surface area contributed by atoms with Gasteiger partial charge in [0.25, 0.3) is 5.91 Å². The molecule has 27 heavy (non-hydrogen) atoms. The third-order valence-corrected chi connectivity index (χ3v) is 4.58. The maximum atomic E-state index is 13.3. The van der Waals surface area contributed by atoms with Gasteiger partial charge in [-0.25, -0.2) is 0 Å². The summed E-state index contributed by atoms with van der Waals surface area (Å²) in [5.74, 6) is -2.39. The van der Waals surface area contributed by atoms with Crippen molar-refractivity contribution in [2.24, 2.45) is 0 Å². The van der Waals surface area contributed by atoms with Gasteiger partial charge in [0, 0.05) is 34.8 Å². The highest BCUT2D eigenvalue weighted by Gasteiger charge is 2.46. The van der Waals surface area contributed by atoms with Gasteiger partial charge in [-0.1, -0.05) is 6.07 Å². The van der Waals surface area contributed by atoms with E-state index < -0.39 is 31.2 Å².